The Morgan fingerprint density at radius 2 is 2.31 bits per heavy atom. The van der Waals surface area contributed by atoms with E-state index in [9.17, 15) is 0 Å². The number of anilines is 1. The number of halogens is 1. The minimum absolute atomic E-state index is 0.754. The van der Waals surface area contributed by atoms with Gasteiger partial charge in [-0.15, -0.1) is 0 Å². The van der Waals surface area contributed by atoms with Gasteiger partial charge in [-0.05, 0) is 28.3 Å². The molecule has 0 aliphatic carbocycles. The lowest BCUT2D eigenvalue weighted by atomic mass is 10.2. The van der Waals surface area contributed by atoms with Gasteiger partial charge in [0.25, 0.3) is 0 Å². The summed E-state index contributed by atoms with van der Waals surface area (Å²) in [5.41, 5.74) is 0.935. The van der Waals surface area contributed by atoms with Gasteiger partial charge in [-0.1, -0.05) is 6.92 Å². The Morgan fingerprint density at radius 1 is 1.44 bits per heavy atom. The molecule has 0 spiro atoms. The van der Waals surface area contributed by atoms with E-state index in [-0.39, 0.29) is 0 Å². The standard InChI is InChI=1S/C11H13BrN4/c1-8-2-4-15(7-8)11-14-6-9(12)10-13-3-5-16(10)11/h3,5-6,8H,2,4,7H2,1H3. The van der Waals surface area contributed by atoms with Gasteiger partial charge < -0.3 is 4.90 Å². The minimum Gasteiger partial charge on any atom is -0.342 e. The summed E-state index contributed by atoms with van der Waals surface area (Å²) in [5.74, 6) is 1.75. The monoisotopic (exact) mass is 280 g/mol. The van der Waals surface area contributed by atoms with Crippen molar-refractivity contribution in [1.29, 1.82) is 0 Å². The van der Waals surface area contributed by atoms with Crippen LogP contribution in [0.5, 0.6) is 0 Å². The minimum atomic E-state index is 0.754. The van der Waals surface area contributed by atoms with E-state index in [1.165, 1.54) is 6.42 Å². The average Bonchev–Trinajstić information content (AvgIpc) is 2.87. The third-order valence-electron chi connectivity index (χ3n) is 3.07. The van der Waals surface area contributed by atoms with Crippen LogP contribution in [0.3, 0.4) is 0 Å². The molecular formula is C11H13BrN4. The summed E-state index contributed by atoms with van der Waals surface area (Å²) in [5, 5.41) is 0. The quantitative estimate of drug-likeness (QED) is 0.804. The summed E-state index contributed by atoms with van der Waals surface area (Å²) < 4.78 is 2.98. The zero-order valence-corrected chi connectivity index (χ0v) is 10.7. The van der Waals surface area contributed by atoms with Crippen molar-refractivity contribution in [1.82, 2.24) is 14.4 Å². The van der Waals surface area contributed by atoms with Crippen molar-refractivity contribution in [3.63, 3.8) is 0 Å². The lowest BCUT2D eigenvalue weighted by Crippen LogP contribution is -2.22. The van der Waals surface area contributed by atoms with E-state index in [0.29, 0.717) is 0 Å². The van der Waals surface area contributed by atoms with Gasteiger partial charge >= 0.3 is 0 Å². The topological polar surface area (TPSA) is 33.4 Å². The van der Waals surface area contributed by atoms with Gasteiger partial charge in [-0.25, -0.2) is 9.97 Å². The first-order valence-electron chi connectivity index (χ1n) is 5.48. The van der Waals surface area contributed by atoms with Gasteiger partial charge in [0, 0.05) is 31.7 Å². The van der Waals surface area contributed by atoms with E-state index in [1.54, 1.807) is 0 Å². The van der Waals surface area contributed by atoms with Gasteiger partial charge in [-0.2, -0.15) is 0 Å². The predicted molar refractivity (Wildman–Crippen MR) is 66.7 cm³/mol. The molecule has 5 heteroatoms. The second kappa shape index (κ2) is 3.73. The van der Waals surface area contributed by atoms with Crippen LogP contribution in [0.1, 0.15) is 13.3 Å². The number of imidazole rings is 1. The lowest BCUT2D eigenvalue weighted by Gasteiger charge is -2.18. The maximum Gasteiger partial charge on any atom is 0.211 e. The fourth-order valence-electron chi connectivity index (χ4n) is 2.23. The molecule has 1 aliphatic heterocycles. The summed E-state index contributed by atoms with van der Waals surface area (Å²) in [6.45, 7) is 4.45. The highest BCUT2D eigenvalue weighted by Crippen LogP contribution is 2.25. The molecule has 84 valence electrons. The summed E-state index contributed by atoms with van der Waals surface area (Å²) in [6.07, 6.45) is 6.85. The molecule has 0 amide bonds. The SMILES string of the molecule is CC1CCN(c2ncc(Br)c3nccn23)C1. The predicted octanol–water partition coefficient (Wildman–Crippen LogP) is 2.34. The van der Waals surface area contributed by atoms with E-state index >= 15 is 0 Å². The second-order valence-electron chi connectivity index (χ2n) is 4.37. The molecule has 0 bridgehead atoms. The first-order valence-corrected chi connectivity index (χ1v) is 6.27. The number of hydrogen-bond donors (Lipinski definition) is 0. The molecular weight excluding hydrogens is 268 g/mol. The molecule has 1 aliphatic rings. The largest absolute Gasteiger partial charge is 0.342 e. The number of hydrogen-bond acceptors (Lipinski definition) is 3. The van der Waals surface area contributed by atoms with Crippen LogP contribution in [0, 0.1) is 5.92 Å². The van der Waals surface area contributed by atoms with Crippen molar-refractivity contribution < 1.29 is 0 Å². The highest BCUT2D eigenvalue weighted by Gasteiger charge is 2.22. The molecule has 0 aromatic carbocycles. The van der Waals surface area contributed by atoms with E-state index in [0.717, 1.165) is 35.1 Å². The molecule has 0 saturated carbocycles. The smallest absolute Gasteiger partial charge is 0.211 e. The normalized spacial score (nSPS) is 20.9. The lowest BCUT2D eigenvalue weighted by molar-refractivity contribution is 0.657. The Bertz CT molecular complexity index is 522. The Kier molecular flexibility index (Phi) is 2.35. The molecule has 0 radical (unpaired) electrons. The Labute approximate surface area is 102 Å². The molecule has 3 rings (SSSR count). The van der Waals surface area contributed by atoms with Gasteiger partial charge in [0.15, 0.2) is 5.65 Å². The van der Waals surface area contributed by atoms with Gasteiger partial charge in [0.1, 0.15) is 0 Å². The molecule has 1 saturated heterocycles. The van der Waals surface area contributed by atoms with Crippen molar-refractivity contribution in [3.8, 4) is 0 Å². The molecule has 0 N–H and O–H groups in total. The van der Waals surface area contributed by atoms with Crippen LogP contribution in [0.15, 0.2) is 23.1 Å². The van der Waals surface area contributed by atoms with Crippen molar-refractivity contribution in [2.45, 2.75) is 13.3 Å². The van der Waals surface area contributed by atoms with Crippen LogP contribution in [0.25, 0.3) is 5.65 Å². The summed E-state index contributed by atoms with van der Waals surface area (Å²) >= 11 is 3.47. The summed E-state index contributed by atoms with van der Waals surface area (Å²) in [6, 6.07) is 0. The van der Waals surface area contributed by atoms with Crippen LogP contribution in [-0.4, -0.2) is 27.5 Å². The number of fused-ring (bicyclic) bond motifs is 1. The fraction of sp³-hybridized carbons (Fsp3) is 0.455. The van der Waals surface area contributed by atoms with Crippen LogP contribution >= 0.6 is 15.9 Å². The first kappa shape index (κ1) is 10.1. The Morgan fingerprint density at radius 3 is 3.06 bits per heavy atom. The zero-order chi connectivity index (χ0) is 11.1. The van der Waals surface area contributed by atoms with Crippen molar-refractivity contribution in [3.05, 3.63) is 23.1 Å². The second-order valence-corrected chi connectivity index (χ2v) is 5.22. The molecule has 4 nitrogen and oxygen atoms in total. The van der Waals surface area contributed by atoms with Crippen LogP contribution in [0.2, 0.25) is 0 Å². The van der Waals surface area contributed by atoms with E-state index < -0.39 is 0 Å². The molecule has 2 aromatic rings. The maximum absolute atomic E-state index is 4.50. The summed E-state index contributed by atoms with van der Waals surface area (Å²) in [4.78, 5) is 11.1. The van der Waals surface area contributed by atoms with Gasteiger partial charge in [0.05, 0.1) is 4.47 Å². The van der Waals surface area contributed by atoms with E-state index in [1.807, 2.05) is 23.0 Å². The van der Waals surface area contributed by atoms with E-state index in [2.05, 4.69) is 37.7 Å². The van der Waals surface area contributed by atoms with Crippen molar-refractivity contribution in [2.24, 2.45) is 5.92 Å². The maximum atomic E-state index is 4.50. The van der Waals surface area contributed by atoms with Crippen molar-refractivity contribution >= 4 is 27.5 Å². The van der Waals surface area contributed by atoms with Gasteiger partial charge in [-0.3, -0.25) is 4.40 Å². The molecule has 3 heterocycles. The third kappa shape index (κ3) is 1.50. The molecule has 1 unspecified atom stereocenters. The van der Waals surface area contributed by atoms with Crippen LogP contribution < -0.4 is 4.90 Å². The molecule has 16 heavy (non-hydrogen) atoms. The Hall–Kier alpha value is -1.10. The highest BCUT2D eigenvalue weighted by atomic mass is 79.9. The van der Waals surface area contributed by atoms with E-state index in [4.69, 9.17) is 0 Å². The summed E-state index contributed by atoms with van der Waals surface area (Å²) in [7, 11) is 0. The molecule has 2 aromatic heterocycles. The zero-order valence-electron chi connectivity index (χ0n) is 9.10. The van der Waals surface area contributed by atoms with Gasteiger partial charge in [0.2, 0.25) is 5.95 Å². The fourth-order valence-corrected chi connectivity index (χ4v) is 2.62. The number of rotatable bonds is 1. The average molecular weight is 281 g/mol. The Balaban J connectivity index is 2.10. The molecule has 1 atom stereocenters. The molecule has 1 fully saturated rings. The third-order valence-corrected chi connectivity index (χ3v) is 3.63. The first-order chi connectivity index (χ1) is 7.75. The van der Waals surface area contributed by atoms with Crippen LogP contribution in [0.4, 0.5) is 5.95 Å². The number of aromatic nitrogens is 3. The van der Waals surface area contributed by atoms with Crippen LogP contribution in [-0.2, 0) is 0 Å². The van der Waals surface area contributed by atoms with Crippen molar-refractivity contribution in [2.75, 3.05) is 18.0 Å². The number of nitrogens with zero attached hydrogens (tertiary/aromatic N) is 4. The highest BCUT2D eigenvalue weighted by molar-refractivity contribution is 9.10.